The van der Waals surface area contributed by atoms with Crippen molar-refractivity contribution in [1.82, 2.24) is 24.9 Å². The molecule has 2 unspecified atom stereocenters. The van der Waals surface area contributed by atoms with Crippen LogP contribution in [-0.2, 0) is 0 Å². The maximum atomic E-state index is 6.35. The molecule has 2 aliphatic rings. The number of piperidine rings is 1. The number of nitrogen functional groups attached to an aromatic ring is 1. The topological polar surface area (TPSA) is 83.8 Å². The number of nitrogens with zero attached hydrogens (tertiary/aromatic N) is 5. The molecule has 2 aromatic rings. The molecule has 2 atom stereocenters. The number of rotatable bonds is 2. The predicted octanol–water partition coefficient (Wildman–Crippen LogP) is 1.40. The minimum Gasteiger partial charge on any atom is -0.383 e. The molecular formula is C15H20IN7. The van der Waals surface area contributed by atoms with Crippen LogP contribution in [-0.4, -0.2) is 52.5 Å². The van der Waals surface area contributed by atoms with Crippen LogP contribution in [0.3, 0.4) is 0 Å². The number of anilines is 1. The maximum absolute atomic E-state index is 6.35. The zero-order valence-electron chi connectivity index (χ0n) is 13.0. The fourth-order valence-electron chi connectivity index (χ4n) is 3.40. The van der Waals surface area contributed by atoms with Crippen molar-refractivity contribution in [1.29, 1.82) is 0 Å². The third-order valence-corrected chi connectivity index (χ3v) is 5.77. The normalized spacial score (nSPS) is 24.7. The summed E-state index contributed by atoms with van der Waals surface area (Å²) in [5.74, 6) is 1.33. The van der Waals surface area contributed by atoms with Crippen molar-refractivity contribution in [3.05, 3.63) is 21.0 Å². The summed E-state index contributed by atoms with van der Waals surface area (Å²) in [6.45, 7) is 2.92. The van der Waals surface area contributed by atoms with Crippen molar-refractivity contribution >= 4 is 40.3 Å². The Morgan fingerprint density at radius 1 is 1.43 bits per heavy atom. The molecule has 0 radical (unpaired) electrons. The summed E-state index contributed by atoms with van der Waals surface area (Å²) in [6.07, 6.45) is 6.19. The van der Waals surface area contributed by atoms with Crippen LogP contribution in [0.2, 0.25) is 0 Å². The van der Waals surface area contributed by atoms with E-state index in [1.54, 1.807) is 4.52 Å². The van der Waals surface area contributed by atoms with Gasteiger partial charge in [0, 0.05) is 43.8 Å². The van der Waals surface area contributed by atoms with Gasteiger partial charge >= 0.3 is 0 Å². The van der Waals surface area contributed by atoms with Crippen LogP contribution in [0.25, 0.3) is 5.65 Å². The number of nitrogens with one attached hydrogen (secondary N) is 1. The fraction of sp³-hybridized carbons (Fsp3) is 0.533. The highest BCUT2D eigenvalue weighted by Gasteiger charge is 2.26. The lowest BCUT2D eigenvalue weighted by Gasteiger charge is -2.24. The van der Waals surface area contributed by atoms with Crippen molar-refractivity contribution in [2.75, 3.05) is 32.4 Å². The summed E-state index contributed by atoms with van der Waals surface area (Å²) in [5, 5.41) is 14.2. The first kappa shape index (κ1) is 15.1. The van der Waals surface area contributed by atoms with E-state index in [1.807, 2.05) is 24.5 Å². The Bertz CT molecular complexity index is 763. The van der Waals surface area contributed by atoms with Crippen molar-refractivity contribution in [2.45, 2.75) is 24.7 Å². The lowest BCUT2D eigenvalue weighted by Crippen LogP contribution is -2.29. The molecule has 0 amide bonds. The van der Waals surface area contributed by atoms with Crippen LogP contribution in [0.15, 0.2) is 11.3 Å². The highest BCUT2D eigenvalue weighted by atomic mass is 127. The first-order valence-electron chi connectivity index (χ1n) is 7.93. The fourth-order valence-corrected chi connectivity index (χ4v) is 4.19. The van der Waals surface area contributed by atoms with E-state index in [0.717, 1.165) is 46.5 Å². The highest BCUT2D eigenvalue weighted by molar-refractivity contribution is 14.1. The molecule has 0 aromatic carbocycles. The van der Waals surface area contributed by atoms with Crippen molar-refractivity contribution in [2.24, 2.45) is 5.10 Å². The molecular weight excluding hydrogens is 405 g/mol. The smallest absolute Gasteiger partial charge is 0.161 e. The van der Waals surface area contributed by atoms with Gasteiger partial charge in [-0.2, -0.15) is 14.7 Å². The molecule has 4 rings (SSSR count). The largest absolute Gasteiger partial charge is 0.383 e. The van der Waals surface area contributed by atoms with Gasteiger partial charge in [-0.05, 0) is 42.0 Å². The Balaban J connectivity index is 1.81. The van der Waals surface area contributed by atoms with Gasteiger partial charge in [-0.15, -0.1) is 0 Å². The van der Waals surface area contributed by atoms with Crippen LogP contribution in [0.1, 0.15) is 35.9 Å². The zero-order valence-corrected chi connectivity index (χ0v) is 15.2. The predicted molar refractivity (Wildman–Crippen MR) is 98.8 cm³/mol. The highest BCUT2D eigenvalue weighted by Crippen LogP contribution is 2.32. The molecule has 2 aromatic heterocycles. The second-order valence-electron chi connectivity index (χ2n) is 6.29. The molecule has 23 heavy (non-hydrogen) atoms. The molecule has 0 aliphatic carbocycles. The third-order valence-electron chi connectivity index (χ3n) is 4.66. The van der Waals surface area contributed by atoms with E-state index in [1.165, 1.54) is 6.42 Å². The van der Waals surface area contributed by atoms with E-state index in [-0.39, 0.29) is 5.92 Å². The Kier molecular flexibility index (Phi) is 3.88. The molecule has 0 saturated carbocycles. The quantitative estimate of drug-likeness (QED) is 0.711. The number of aromatic nitrogens is 3. The van der Waals surface area contributed by atoms with Crippen LogP contribution in [0.5, 0.6) is 0 Å². The minimum atomic E-state index is 0.224. The average molecular weight is 425 g/mol. The molecule has 0 bridgehead atoms. The molecule has 4 heterocycles. The Morgan fingerprint density at radius 3 is 3.00 bits per heavy atom. The van der Waals surface area contributed by atoms with Gasteiger partial charge in [-0.25, -0.2) is 4.98 Å². The Hall–Kier alpha value is -1.42. The van der Waals surface area contributed by atoms with Crippen LogP contribution in [0, 0.1) is 3.57 Å². The molecule has 122 valence electrons. The van der Waals surface area contributed by atoms with Gasteiger partial charge in [0.1, 0.15) is 5.82 Å². The molecule has 7 nitrogen and oxygen atoms in total. The Labute approximate surface area is 148 Å². The van der Waals surface area contributed by atoms with Crippen LogP contribution < -0.4 is 11.1 Å². The summed E-state index contributed by atoms with van der Waals surface area (Å²) in [5.41, 5.74) is 9.43. The van der Waals surface area contributed by atoms with Gasteiger partial charge in [-0.1, -0.05) is 0 Å². The van der Waals surface area contributed by atoms with Gasteiger partial charge in [-0.3, -0.25) is 5.01 Å². The lowest BCUT2D eigenvalue weighted by atomic mass is 9.95. The number of nitrogens with two attached hydrogens (primary N) is 1. The van der Waals surface area contributed by atoms with Crippen LogP contribution in [0.4, 0.5) is 5.82 Å². The summed E-state index contributed by atoms with van der Waals surface area (Å²) in [4.78, 5) is 4.98. The van der Waals surface area contributed by atoms with E-state index in [9.17, 15) is 0 Å². The second-order valence-corrected chi connectivity index (χ2v) is 7.36. The summed E-state index contributed by atoms with van der Waals surface area (Å²) in [6, 6.07) is 0. The number of halogens is 1. The van der Waals surface area contributed by atoms with E-state index >= 15 is 0 Å². The molecule has 1 saturated heterocycles. The molecule has 1 fully saturated rings. The standard InChI is InChI=1S/C15H20IN7/c1-22-8-10(6-19-22)11-7-20-23-14(17)12(16)13(21-15(11)23)9-3-2-4-18-5-9/h6-7,9-10,18H,2-5,8,17H2,1H3. The minimum absolute atomic E-state index is 0.224. The SMILES string of the molecule is CN1CC(c2cnn3c(N)c(I)c(C4CCCNC4)nc23)C=N1. The van der Waals surface area contributed by atoms with Gasteiger partial charge in [0.25, 0.3) is 0 Å². The summed E-state index contributed by atoms with van der Waals surface area (Å²) < 4.78 is 2.79. The summed E-state index contributed by atoms with van der Waals surface area (Å²) >= 11 is 2.31. The second kappa shape index (κ2) is 5.90. The number of likely N-dealkylation sites (N-methyl/N-ethyl adjacent to an activating group) is 1. The van der Waals surface area contributed by atoms with E-state index in [2.05, 4.69) is 38.1 Å². The lowest BCUT2D eigenvalue weighted by molar-refractivity contribution is 0.381. The number of hydrogen-bond acceptors (Lipinski definition) is 6. The van der Waals surface area contributed by atoms with Crippen molar-refractivity contribution in [3.63, 3.8) is 0 Å². The maximum Gasteiger partial charge on any atom is 0.161 e. The van der Waals surface area contributed by atoms with E-state index < -0.39 is 0 Å². The molecule has 3 N–H and O–H groups in total. The number of hydrogen-bond donors (Lipinski definition) is 2. The third kappa shape index (κ3) is 2.57. The van der Waals surface area contributed by atoms with Crippen LogP contribution >= 0.6 is 22.6 Å². The molecule has 8 heteroatoms. The van der Waals surface area contributed by atoms with Gasteiger partial charge < -0.3 is 11.1 Å². The first-order valence-corrected chi connectivity index (χ1v) is 9.01. The molecule has 0 spiro atoms. The van der Waals surface area contributed by atoms with Crippen molar-refractivity contribution in [3.8, 4) is 0 Å². The molecule has 2 aliphatic heterocycles. The van der Waals surface area contributed by atoms with Crippen molar-refractivity contribution < 1.29 is 0 Å². The number of fused-ring (bicyclic) bond motifs is 1. The Morgan fingerprint density at radius 2 is 2.30 bits per heavy atom. The average Bonchev–Trinajstić information content (AvgIpc) is 3.17. The summed E-state index contributed by atoms with van der Waals surface area (Å²) in [7, 11) is 1.98. The van der Waals surface area contributed by atoms with E-state index in [4.69, 9.17) is 10.7 Å². The number of hydrazone groups is 1. The first-order chi connectivity index (χ1) is 11.1. The van der Waals surface area contributed by atoms with Gasteiger partial charge in [0.2, 0.25) is 0 Å². The van der Waals surface area contributed by atoms with E-state index in [0.29, 0.717) is 11.7 Å². The van der Waals surface area contributed by atoms with Gasteiger partial charge in [0.05, 0.1) is 15.5 Å². The monoisotopic (exact) mass is 425 g/mol. The zero-order chi connectivity index (χ0) is 16.0. The van der Waals surface area contributed by atoms with Gasteiger partial charge in [0.15, 0.2) is 5.65 Å².